The van der Waals surface area contributed by atoms with Gasteiger partial charge in [0.2, 0.25) is 0 Å². The minimum absolute atomic E-state index is 0.244. The van der Waals surface area contributed by atoms with Crippen molar-refractivity contribution < 1.29 is 9.59 Å². The summed E-state index contributed by atoms with van der Waals surface area (Å²) in [5.74, 6) is -0.489. The molecule has 0 aromatic heterocycles. The number of benzene rings is 2. The number of aryl methyl sites for hydroxylation is 1. The number of imide groups is 1. The summed E-state index contributed by atoms with van der Waals surface area (Å²) in [6.07, 6.45) is 0. The molecular weight excluding hydrogens is 258 g/mol. The highest BCUT2D eigenvalue weighted by molar-refractivity contribution is 7.98. The van der Waals surface area contributed by atoms with Crippen LogP contribution in [0.3, 0.4) is 0 Å². The van der Waals surface area contributed by atoms with Crippen LogP contribution in [0.2, 0.25) is 0 Å². The summed E-state index contributed by atoms with van der Waals surface area (Å²) in [7, 11) is 0. The van der Waals surface area contributed by atoms with Crippen LogP contribution >= 0.6 is 11.9 Å². The maximum absolute atomic E-state index is 12.2. The lowest BCUT2D eigenvalue weighted by molar-refractivity contribution is 0.0777. The van der Waals surface area contributed by atoms with Crippen LogP contribution in [0.1, 0.15) is 26.3 Å². The minimum Gasteiger partial charge on any atom is -0.268 e. The summed E-state index contributed by atoms with van der Waals surface area (Å²) < 4.78 is 1.22. The number of carbonyl (C=O) groups is 2. The molecule has 2 aromatic carbocycles. The number of fused-ring (bicyclic) bond motifs is 1. The highest BCUT2D eigenvalue weighted by atomic mass is 32.2. The first-order chi connectivity index (χ1) is 9.16. The van der Waals surface area contributed by atoms with E-state index < -0.39 is 0 Å². The summed E-state index contributed by atoms with van der Waals surface area (Å²) in [5, 5.41) is 0. The molecule has 0 N–H and O–H groups in total. The third-order valence-electron chi connectivity index (χ3n) is 2.97. The molecule has 94 valence electrons. The van der Waals surface area contributed by atoms with E-state index in [1.165, 1.54) is 16.3 Å². The second-order valence-electron chi connectivity index (χ2n) is 4.35. The molecule has 0 unspecified atom stereocenters. The van der Waals surface area contributed by atoms with E-state index >= 15 is 0 Å². The first-order valence-corrected chi connectivity index (χ1v) is 6.66. The molecule has 1 aliphatic heterocycles. The average molecular weight is 269 g/mol. The zero-order valence-corrected chi connectivity index (χ0v) is 11.1. The molecule has 0 radical (unpaired) electrons. The first-order valence-electron chi connectivity index (χ1n) is 5.89. The molecule has 0 saturated heterocycles. The number of nitrogens with zero attached hydrogens (tertiary/aromatic N) is 1. The molecule has 3 rings (SSSR count). The standard InChI is InChI=1S/C15H11NO2S/c1-10-6-8-11(9-7-10)19-16-14(17)12-4-2-3-5-13(12)15(16)18/h2-9H,1H3. The van der Waals surface area contributed by atoms with E-state index in [-0.39, 0.29) is 11.8 Å². The van der Waals surface area contributed by atoms with Crippen LogP contribution in [0, 0.1) is 6.92 Å². The van der Waals surface area contributed by atoms with Gasteiger partial charge in [0.25, 0.3) is 11.8 Å². The lowest BCUT2D eigenvalue weighted by atomic mass is 10.1. The van der Waals surface area contributed by atoms with Crippen molar-refractivity contribution in [2.45, 2.75) is 11.8 Å². The number of carbonyl (C=O) groups excluding carboxylic acids is 2. The minimum atomic E-state index is -0.244. The Bertz CT molecular complexity index is 629. The molecule has 1 heterocycles. The Hall–Kier alpha value is -2.07. The van der Waals surface area contributed by atoms with Crippen LogP contribution in [0.4, 0.5) is 0 Å². The van der Waals surface area contributed by atoms with Crippen molar-refractivity contribution in [3.8, 4) is 0 Å². The molecule has 0 aliphatic carbocycles. The Balaban J connectivity index is 1.90. The van der Waals surface area contributed by atoms with Crippen molar-refractivity contribution in [1.82, 2.24) is 4.31 Å². The molecule has 0 spiro atoms. The van der Waals surface area contributed by atoms with E-state index in [2.05, 4.69) is 0 Å². The molecule has 4 heteroatoms. The topological polar surface area (TPSA) is 37.4 Å². The van der Waals surface area contributed by atoms with Crippen LogP contribution in [-0.4, -0.2) is 16.1 Å². The third kappa shape index (κ3) is 2.04. The van der Waals surface area contributed by atoms with E-state index in [4.69, 9.17) is 0 Å². The maximum atomic E-state index is 12.2. The van der Waals surface area contributed by atoms with Gasteiger partial charge in [-0.2, -0.15) is 0 Å². The van der Waals surface area contributed by atoms with Gasteiger partial charge in [0.1, 0.15) is 0 Å². The van der Waals surface area contributed by atoms with Gasteiger partial charge >= 0.3 is 0 Å². The molecule has 0 atom stereocenters. The number of amides is 2. The Kier molecular flexibility index (Phi) is 2.87. The van der Waals surface area contributed by atoms with Gasteiger partial charge in [-0.05, 0) is 43.1 Å². The Morgan fingerprint density at radius 1 is 0.842 bits per heavy atom. The quantitative estimate of drug-likeness (QED) is 0.620. The van der Waals surface area contributed by atoms with Gasteiger partial charge in [-0.15, -0.1) is 0 Å². The molecule has 1 aliphatic rings. The van der Waals surface area contributed by atoms with Crippen molar-refractivity contribution in [3.05, 3.63) is 65.2 Å². The van der Waals surface area contributed by atoms with Crippen LogP contribution in [-0.2, 0) is 0 Å². The predicted octanol–water partition coefficient (Wildman–Crippen LogP) is 3.30. The van der Waals surface area contributed by atoms with Crippen molar-refractivity contribution >= 4 is 23.8 Å². The Morgan fingerprint density at radius 3 is 1.89 bits per heavy atom. The lowest BCUT2D eigenvalue weighted by Crippen LogP contribution is -2.21. The van der Waals surface area contributed by atoms with Crippen LogP contribution in [0.5, 0.6) is 0 Å². The Labute approximate surface area is 115 Å². The van der Waals surface area contributed by atoms with Gasteiger partial charge in [0.05, 0.1) is 11.1 Å². The van der Waals surface area contributed by atoms with Gasteiger partial charge in [-0.25, -0.2) is 4.31 Å². The molecule has 19 heavy (non-hydrogen) atoms. The highest BCUT2D eigenvalue weighted by Crippen LogP contribution is 2.32. The molecule has 2 aromatic rings. The Morgan fingerprint density at radius 2 is 1.37 bits per heavy atom. The van der Waals surface area contributed by atoms with Gasteiger partial charge in [-0.3, -0.25) is 9.59 Å². The highest BCUT2D eigenvalue weighted by Gasteiger charge is 2.36. The van der Waals surface area contributed by atoms with Crippen LogP contribution < -0.4 is 0 Å². The average Bonchev–Trinajstić information content (AvgIpc) is 2.67. The normalized spacial score (nSPS) is 13.8. The largest absolute Gasteiger partial charge is 0.272 e. The fourth-order valence-corrected chi connectivity index (χ4v) is 2.79. The van der Waals surface area contributed by atoms with E-state index in [0.717, 1.165) is 10.5 Å². The summed E-state index contributed by atoms with van der Waals surface area (Å²) in [6.45, 7) is 2.00. The molecule has 3 nitrogen and oxygen atoms in total. The monoisotopic (exact) mass is 269 g/mol. The first kappa shape index (κ1) is 12.0. The predicted molar refractivity (Wildman–Crippen MR) is 74.0 cm³/mol. The number of hydrogen-bond donors (Lipinski definition) is 0. The molecular formula is C15H11NO2S. The van der Waals surface area contributed by atoms with E-state index in [1.54, 1.807) is 24.3 Å². The van der Waals surface area contributed by atoms with Crippen LogP contribution in [0.15, 0.2) is 53.4 Å². The van der Waals surface area contributed by atoms with E-state index in [1.807, 2.05) is 31.2 Å². The van der Waals surface area contributed by atoms with Gasteiger partial charge in [-0.1, -0.05) is 29.8 Å². The second-order valence-corrected chi connectivity index (χ2v) is 5.37. The van der Waals surface area contributed by atoms with Crippen molar-refractivity contribution in [2.75, 3.05) is 0 Å². The number of hydrogen-bond acceptors (Lipinski definition) is 3. The zero-order valence-electron chi connectivity index (χ0n) is 10.3. The zero-order chi connectivity index (χ0) is 13.4. The fourth-order valence-electron chi connectivity index (χ4n) is 1.95. The summed E-state index contributed by atoms with van der Waals surface area (Å²) in [4.78, 5) is 25.2. The number of rotatable bonds is 2. The van der Waals surface area contributed by atoms with Gasteiger partial charge in [0.15, 0.2) is 0 Å². The molecule has 2 amide bonds. The summed E-state index contributed by atoms with van der Waals surface area (Å²) >= 11 is 1.17. The SMILES string of the molecule is Cc1ccc(SN2C(=O)c3ccccc3C2=O)cc1. The molecule has 0 saturated carbocycles. The maximum Gasteiger partial charge on any atom is 0.272 e. The molecule has 0 bridgehead atoms. The van der Waals surface area contributed by atoms with E-state index in [9.17, 15) is 9.59 Å². The van der Waals surface area contributed by atoms with E-state index in [0.29, 0.717) is 11.1 Å². The smallest absolute Gasteiger partial charge is 0.268 e. The van der Waals surface area contributed by atoms with Crippen LogP contribution in [0.25, 0.3) is 0 Å². The van der Waals surface area contributed by atoms with Crippen molar-refractivity contribution in [1.29, 1.82) is 0 Å². The van der Waals surface area contributed by atoms with Crippen molar-refractivity contribution in [2.24, 2.45) is 0 Å². The third-order valence-corrected chi connectivity index (χ3v) is 3.97. The van der Waals surface area contributed by atoms with Crippen molar-refractivity contribution in [3.63, 3.8) is 0 Å². The van der Waals surface area contributed by atoms with Gasteiger partial charge in [0, 0.05) is 4.90 Å². The molecule has 0 fully saturated rings. The van der Waals surface area contributed by atoms with Gasteiger partial charge < -0.3 is 0 Å². The lowest BCUT2D eigenvalue weighted by Gasteiger charge is -2.11. The summed E-state index contributed by atoms with van der Waals surface area (Å²) in [6, 6.07) is 14.6. The second kappa shape index (κ2) is 4.55. The fraction of sp³-hybridized carbons (Fsp3) is 0.0667. The summed E-state index contributed by atoms with van der Waals surface area (Å²) in [5.41, 5.74) is 2.10.